The van der Waals surface area contributed by atoms with E-state index in [1.165, 1.54) is 6.92 Å². The van der Waals surface area contributed by atoms with E-state index in [1.54, 1.807) is 0 Å². The van der Waals surface area contributed by atoms with Gasteiger partial charge in [-0.3, -0.25) is 4.79 Å². The summed E-state index contributed by atoms with van der Waals surface area (Å²) in [4.78, 5) is 11.3. The average Bonchev–Trinajstić information content (AvgIpc) is 2.26. The average molecular weight is 302 g/mol. The predicted molar refractivity (Wildman–Crippen MR) is 54.4 cm³/mol. The highest BCUT2D eigenvalue weighted by Crippen LogP contribution is 2.36. The van der Waals surface area contributed by atoms with Crippen molar-refractivity contribution >= 4 is 5.78 Å². The fourth-order valence-corrected chi connectivity index (χ4v) is 1.30. The molecule has 1 rings (SSSR count). The topological polar surface area (TPSA) is 35.5 Å². The van der Waals surface area contributed by atoms with Gasteiger partial charge in [0, 0.05) is 12.0 Å². The Kier molecular flexibility index (Phi) is 4.51. The number of ether oxygens (including phenoxy) is 2. The van der Waals surface area contributed by atoms with Crippen LogP contribution < -0.4 is 9.47 Å². The lowest BCUT2D eigenvalue weighted by Gasteiger charge is -2.16. The Bertz CT molecular complexity index is 492. The highest BCUT2D eigenvalue weighted by atomic mass is 19.4. The highest BCUT2D eigenvalue weighted by molar-refractivity contribution is 5.96. The van der Waals surface area contributed by atoms with Gasteiger partial charge in [-0.15, -0.1) is 26.3 Å². The van der Waals surface area contributed by atoms with Gasteiger partial charge >= 0.3 is 12.7 Å². The standard InChI is InChI=1S/C11H8F6O3/c1-2-7(18)6-3-4-8(19-10(12,13)14)9(5-6)20-11(15,16)17/h3-5H,2H2,1H3. The summed E-state index contributed by atoms with van der Waals surface area (Å²) in [5.74, 6) is -2.95. The third-order valence-corrected chi connectivity index (χ3v) is 2.04. The third kappa shape index (κ3) is 4.98. The molecule has 0 radical (unpaired) electrons. The van der Waals surface area contributed by atoms with Crippen LogP contribution >= 0.6 is 0 Å². The maximum Gasteiger partial charge on any atom is 0.573 e. The van der Waals surface area contributed by atoms with E-state index in [0.29, 0.717) is 12.1 Å². The van der Waals surface area contributed by atoms with E-state index in [9.17, 15) is 31.1 Å². The van der Waals surface area contributed by atoms with Gasteiger partial charge in [0.2, 0.25) is 0 Å². The molecule has 0 fully saturated rings. The molecule has 0 aliphatic rings. The number of benzene rings is 1. The summed E-state index contributed by atoms with van der Waals surface area (Å²) in [6, 6.07) is 2.08. The van der Waals surface area contributed by atoms with Gasteiger partial charge in [-0.1, -0.05) is 6.92 Å². The smallest absolute Gasteiger partial charge is 0.402 e. The minimum absolute atomic E-state index is 0.0229. The Morgan fingerprint density at radius 3 is 1.95 bits per heavy atom. The first-order valence-corrected chi connectivity index (χ1v) is 5.20. The van der Waals surface area contributed by atoms with Crippen molar-refractivity contribution in [2.24, 2.45) is 0 Å². The summed E-state index contributed by atoms with van der Waals surface area (Å²) < 4.78 is 79.4. The molecule has 0 saturated heterocycles. The summed E-state index contributed by atoms with van der Waals surface area (Å²) >= 11 is 0. The first-order valence-electron chi connectivity index (χ1n) is 5.20. The number of rotatable bonds is 4. The lowest BCUT2D eigenvalue weighted by molar-refractivity contribution is -0.287. The molecule has 0 aromatic heterocycles. The molecular formula is C11H8F6O3. The van der Waals surface area contributed by atoms with Crippen molar-refractivity contribution in [1.29, 1.82) is 0 Å². The zero-order valence-corrected chi connectivity index (χ0v) is 9.93. The maximum absolute atomic E-state index is 12.1. The molecule has 112 valence electrons. The second-order valence-corrected chi connectivity index (χ2v) is 3.53. The van der Waals surface area contributed by atoms with Gasteiger partial charge in [0.25, 0.3) is 0 Å². The second kappa shape index (κ2) is 5.59. The molecule has 0 heterocycles. The molecule has 0 bridgehead atoms. The van der Waals surface area contributed by atoms with Gasteiger partial charge < -0.3 is 9.47 Å². The van der Waals surface area contributed by atoms with E-state index in [0.717, 1.165) is 6.07 Å². The van der Waals surface area contributed by atoms with Gasteiger partial charge in [-0.05, 0) is 18.2 Å². The van der Waals surface area contributed by atoms with E-state index in [1.807, 2.05) is 0 Å². The van der Waals surface area contributed by atoms with Crippen LogP contribution in [0.2, 0.25) is 0 Å². The number of carbonyl (C=O) groups excluding carboxylic acids is 1. The molecule has 0 spiro atoms. The molecule has 0 unspecified atom stereocenters. The normalized spacial score (nSPS) is 12.2. The van der Waals surface area contributed by atoms with Crippen molar-refractivity contribution in [3.05, 3.63) is 23.8 Å². The van der Waals surface area contributed by atoms with E-state index in [4.69, 9.17) is 0 Å². The molecular weight excluding hydrogens is 294 g/mol. The zero-order valence-electron chi connectivity index (χ0n) is 9.93. The van der Waals surface area contributed by atoms with Crippen LogP contribution in [-0.2, 0) is 0 Å². The Hall–Kier alpha value is -1.93. The van der Waals surface area contributed by atoms with Crippen LogP contribution in [0.3, 0.4) is 0 Å². The molecule has 0 saturated carbocycles. The predicted octanol–water partition coefficient (Wildman–Crippen LogP) is 4.08. The third-order valence-electron chi connectivity index (χ3n) is 2.04. The Labute approximate surface area is 109 Å². The van der Waals surface area contributed by atoms with Gasteiger partial charge in [0.15, 0.2) is 17.3 Å². The molecule has 0 aliphatic heterocycles. The largest absolute Gasteiger partial charge is 0.573 e. The van der Waals surface area contributed by atoms with Gasteiger partial charge in [-0.25, -0.2) is 0 Å². The monoisotopic (exact) mass is 302 g/mol. The summed E-state index contributed by atoms with van der Waals surface area (Å²) in [6.45, 7) is 1.45. The molecule has 0 N–H and O–H groups in total. The summed E-state index contributed by atoms with van der Waals surface area (Å²) in [5.41, 5.74) is -0.207. The minimum atomic E-state index is -5.21. The Balaban J connectivity index is 3.19. The number of hydrogen-bond acceptors (Lipinski definition) is 3. The highest BCUT2D eigenvalue weighted by Gasteiger charge is 2.36. The number of Topliss-reactive ketones (excluding diaryl/α,β-unsaturated/α-hetero) is 1. The Morgan fingerprint density at radius 1 is 1.00 bits per heavy atom. The molecule has 9 heteroatoms. The van der Waals surface area contributed by atoms with Gasteiger partial charge in [0.1, 0.15) is 0 Å². The quantitative estimate of drug-likeness (QED) is 0.621. The molecule has 1 aromatic rings. The number of halogens is 6. The molecule has 0 atom stereocenters. The minimum Gasteiger partial charge on any atom is -0.402 e. The number of carbonyl (C=O) groups is 1. The van der Waals surface area contributed by atoms with Crippen molar-refractivity contribution in [3.8, 4) is 11.5 Å². The van der Waals surface area contributed by atoms with Crippen molar-refractivity contribution in [2.45, 2.75) is 26.1 Å². The van der Waals surface area contributed by atoms with E-state index in [2.05, 4.69) is 9.47 Å². The van der Waals surface area contributed by atoms with Crippen molar-refractivity contribution < 1.29 is 40.6 Å². The van der Waals surface area contributed by atoms with Crippen molar-refractivity contribution in [3.63, 3.8) is 0 Å². The van der Waals surface area contributed by atoms with Gasteiger partial charge in [-0.2, -0.15) is 0 Å². The number of alkyl halides is 6. The fourth-order valence-electron chi connectivity index (χ4n) is 1.30. The van der Waals surface area contributed by atoms with Crippen LogP contribution in [0.5, 0.6) is 11.5 Å². The Morgan fingerprint density at radius 2 is 1.50 bits per heavy atom. The maximum atomic E-state index is 12.1. The number of hydrogen-bond donors (Lipinski definition) is 0. The van der Waals surface area contributed by atoms with Crippen LogP contribution in [0.4, 0.5) is 26.3 Å². The van der Waals surface area contributed by atoms with Crippen LogP contribution in [0.25, 0.3) is 0 Å². The van der Waals surface area contributed by atoms with Crippen LogP contribution in [0, 0.1) is 0 Å². The second-order valence-electron chi connectivity index (χ2n) is 3.53. The molecule has 1 aromatic carbocycles. The van der Waals surface area contributed by atoms with E-state index < -0.39 is 30.0 Å². The van der Waals surface area contributed by atoms with E-state index in [-0.39, 0.29) is 12.0 Å². The van der Waals surface area contributed by atoms with Crippen molar-refractivity contribution in [2.75, 3.05) is 0 Å². The molecule has 0 amide bonds. The molecule has 3 nitrogen and oxygen atoms in total. The first-order chi connectivity index (χ1) is 9.02. The SMILES string of the molecule is CCC(=O)c1ccc(OC(F)(F)F)c(OC(F)(F)F)c1. The summed E-state index contributed by atoms with van der Waals surface area (Å²) in [7, 11) is 0. The van der Waals surface area contributed by atoms with Crippen LogP contribution in [0.15, 0.2) is 18.2 Å². The van der Waals surface area contributed by atoms with E-state index >= 15 is 0 Å². The lowest BCUT2D eigenvalue weighted by atomic mass is 10.1. The summed E-state index contributed by atoms with van der Waals surface area (Å²) in [6.07, 6.45) is -10.4. The first kappa shape index (κ1) is 16.1. The molecule has 20 heavy (non-hydrogen) atoms. The zero-order chi connectivity index (χ0) is 15.6. The van der Waals surface area contributed by atoms with Crippen molar-refractivity contribution in [1.82, 2.24) is 0 Å². The molecule has 0 aliphatic carbocycles. The van der Waals surface area contributed by atoms with Crippen LogP contribution in [0.1, 0.15) is 23.7 Å². The lowest BCUT2D eigenvalue weighted by Crippen LogP contribution is -2.21. The van der Waals surface area contributed by atoms with Gasteiger partial charge in [0.05, 0.1) is 0 Å². The number of ketones is 1. The van der Waals surface area contributed by atoms with Crippen LogP contribution in [-0.4, -0.2) is 18.5 Å². The fraction of sp³-hybridized carbons (Fsp3) is 0.364. The summed E-state index contributed by atoms with van der Waals surface area (Å²) in [5, 5.41) is 0.